The van der Waals surface area contributed by atoms with Gasteiger partial charge in [-0.05, 0) is 49.2 Å². The lowest BCUT2D eigenvalue weighted by molar-refractivity contribution is 0.0738. The number of carbonyl (C=O) groups is 1. The number of halogens is 1. The van der Waals surface area contributed by atoms with E-state index in [1.165, 1.54) is 24.3 Å². The monoisotopic (exact) mass is 487 g/mol. The lowest BCUT2D eigenvalue weighted by Gasteiger charge is -2.36. The molecular weight excluding hydrogens is 461 g/mol. The number of anilines is 1. The van der Waals surface area contributed by atoms with Gasteiger partial charge in [0.1, 0.15) is 11.6 Å². The smallest absolute Gasteiger partial charge is 0.257 e. The number of hydrogen-bond donors (Lipinski definition) is 1. The van der Waals surface area contributed by atoms with Crippen LogP contribution < -0.4 is 9.64 Å². The molecule has 1 aliphatic carbocycles. The minimum absolute atomic E-state index is 0.00836. The molecule has 8 nitrogen and oxygen atoms in total. The fourth-order valence-corrected chi connectivity index (χ4v) is 4.59. The van der Waals surface area contributed by atoms with E-state index in [2.05, 4.69) is 0 Å². The quantitative estimate of drug-likeness (QED) is 0.637. The van der Waals surface area contributed by atoms with Gasteiger partial charge in [-0.25, -0.2) is 12.8 Å². The summed E-state index contributed by atoms with van der Waals surface area (Å²) in [5.74, 6) is -0.583. The Hall–Kier alpha value is -3.16. The molecule has 0 spiro atoms. The van der Waals surface area contributed by atoms with E-state index in [1.807, 2.05) is 11.0 Å². The Morgan fingerprint density at radius 3 is 2.44 bits per heavy atom. The zero-order chi connectivity index (χ0) is 24.5. The standard InChI is InChI=1S/C24H26FN3O5S/c1-34(31,32)18-3-5-22(33-16-24(15-29)6-7-24)19(13-18)23(30)28-10-8-27(9-11-28)21-4-2-17(14-26)12-20(21)25/h2-5,12-13,29H,6-11,15-16H2,1H3. The van der Waals surface area contributed by atoms with Gasteiger partial charge in [0, 0.05) is 37.8 Å². The SMILES string of the molecule is CS(=O)(=O)c1ccc(OCC2(CO)CC2)c(C(=O)N2CCN(c3ccc(C#N)cc3F)CC2)c1. The van der Waals surface area contributed by atoms with Gasteiger partial charge < -0.3 is 19.6 Å². The normalized spacial score (nSPS) is 17.2. The molecule has 1 aliphatic heterocycles. The van der Waals surface area contributed by atoms with Crippen molar-refractivity contribution >= 4 is 21.4 Å². The summed E-state index contributed by atoms with van der Waals surface area (Å²) in [6, 6.07) is 10.4. The maximum Gasteiger partial charge on any atom is 0.257 e. The third-order valence-electron chi connectivity index (χ3n) is 6.42. The number of benzene rings is 2. The van der Waals surface area contributed by atoms with Gasteiger partial charge in [0.2, 0.25) is 0 Å². The number of nitrogens with zero attached hydrogens (tertiary/aromatic N) is 3. The van der Waals surface area contributed by atoms with Gasteiger partial charge in [-0.1, -0.05) is 0 Å². The number of carbonyl (C=O) groups excluding carboxylic acids is 1. The third kappa shape index (κ3) is 5.00. The van der Waals surface area contributed by atoms with Crippen LogP contribution in [0.15, 0.2) is 41.3 Å². The molecule has 1 N–H and O–H groups in total. The van der Waals surface area contributed by atoms with E-state index in [9.17, 15) is 22.7 Å². The summed E-state index contributed by atoms with van der Waals surface area (Å²) < 4.78 is 44.4. The molecule has 0 atom stereocenters. The van der Waals surface area contributed by atoms with Crippen molar-refractivity contribution in [3.05, 3.63) is 53.3 Å². The number of amides is 1. The summed E-state index contributed by atoms with van der Waals surface area (Å²) in [6.45, 7) is 1.61. The summed E-state index contributed by atoms with van der Waals surface area (Å²) >= 11 is 0. The molecule has 0 bridgehead atoms. The Bertz CT molecular complexity index is 1250. The zero-order valence-corrected chi connectivity index (χ0v) is 19.6. The summed E-state index contributed by atoms with van der Waals surface area (Å²) in [4.78, 5) is 16.8. The lowest BCUT2D eigenvalue weighted by Crippen LogP contribution is -2.49. The highest BCUT2D eigenvalue weighted by molar-refractivity contribution is 7.90. The van der Waals surface area contributed by atoms with Crippen LogP contribution >= 0.6 is 0 Å². The fourth-order valence-electron chi connectivity index (χ4n) is 3.94. The fraction of sp³-hybridized carbons (Fsp3) is 0.417. The average molecular weight is 488 g/mol. The van der Waals surface area contributed by atoms with Crippen molar-refractivity contribution < 1.29 is 27.4 Å². The van der Waals surface area contributed by atoms with E-state index in [0.29, 0.717) is 31.9 Å². The van der Waals surface area contributed by atoms with Crippen molar-refractivity contribution in [2.45, 2.75) is 17.7 Å². The van der Waals surface area contributed by atoms with Crippen LogP contribution in [0.25, 0.3) is 0 Å². The zero-order valence-electron chi connectivity index (χ0n) is 18.8. The number of piperazine rings is 1. The largest absolute Gasteiger partial charge is 0.492 e. The molecule has 0 radical (unpaired) electrons. The summed E-state index contributed by atoms with van der Waals surface area (Å²) in [6.07, 6.45) is 2.75. The van der Waals surface area contributed by atoms with E-state index in [-0.39, 0.29) is 46.3 Å². The maximum atomic E-state index is 14.4. The van der Waals surface area contributed by atoms with Crippen LogP contribution in [0.2, 0.25) is 0 Å². The molecular formula is C24H26FN3O5S. The lowest BCUT2D eigenvalue weighted by atomic mass is 10.1. The summed E-state index contributed by atoms with van der Waals surface area (Å²) in [5.41, 5.74) is 0.456. The highest BCUT2D eigenvalue weighted by Gasteiger charge is 2.43. The Balaban J connectivity index is 1.52. The molecule has 4 rings (SSSR count). The first-order chi connectivity index (χ1) is 16.2. The minimum atomic E-state index is -3.54. The molecule has 0 aromatic heterocycles. The molecule has 10 heteroatoms. The van der Waals surface area contributed by atoms with Gasteiger partial charge in [-0.2, -0.15) is 5.26 Å². The van der Waals surface area contributed by atoms with Gasteiger partial charge in [-0.15, -0.1) is 0 Å². The van der Waals surface area contributed by atoms with Crippen LogP contribution in [-0.4, -0.2) is 70.0 Å². The Labute approximate surface area is 198 Å². The van der Waals surface area contributed by atoms with Crippen LogP contribution in [0.3, 0.4) is 0 Å². The number of sulfone groups is 1. The van der Waals surface area contributed by atoms with E-state index in [1.54, 1.807) is 17.0 Å². The van der Waals surface area contributed by atoms with Crippen molar-refractivity contribution in [3.8, 4) is 11.8 Å². The second-order valence-corrected chi connectivity index (χ2v) is 10.9. The molecule has 2 fully saturated rings. The summed E-state index contributed by atoms with van der Waals surface area (Å²) in [7, 11) is -3.54. The molecule has 1 heterocycles. The molecule has 2 aromatic rings. The van der Waals surface area contributed by atoms with Crippen LogP contribution in [0.5, 0.6) is 5.75 Å². The van der Waals surface area contributed by atoms with Crippen LogP contribution in [0, 0.1) is 22.6 Å². The molecule has 2 aromatic carbocycles. The highest BCUT2D eigenvalue weighted by Crippen LogP contribution is 2.45. The third-order valence-corrected chi connectivity index (χ3v) is 7.53. The Morgan fingerprint density at radius 2 is 1.88 bits per heavy atom. The van der Waals surface area contributed by atoms with Gasteiger partial charge in [0.25, 0.3) is 5.91 Å². The first kappa shape index (κ1) is 24.0. The van der Waals surface area contributed by atoms with E-state index in [4.69, 9.17) is 10.00 Å². The second-order valence-electron chi connectivity index (χ2n) is 8.93. The molecule has 180 valence electrons. The molecule has 1 saturated carbocycles. The Morgan fingerprint density at radius 1 is 1.18 bits per heavy atom. The average Bonchev–Trinajstić information content (AvgIpc) is 3.62. The first-order valence-corrected chi connectivity index (χ1v) is 12.9. The number of aliphatic hydroxyl groups excluding tert-OH is 1. The predicted molar refractivity (Wildman–Crippen MR) is 123 cm³/mol. The molecule has 2 aliphatic rings. The van der Waals surface area contributed by atoms with Crippen molar-refractivity contribution in [2.75, 3.05) is 50.5 Å². The molecule has 0 unspecified atom stereocenters. The number of nitriles is 1. The van der Waals surface area contributed by atoms with Crippen molar-refractivity contribution in [3.63, 3.8) is 0 Å². The van der Waals surface area contributed by atoms with E-state index >= 15 is 0 Å². The second kappa shape index (κ2) is 9.24. The highest BCUT2D eigenvalue weighted by atomic mass is 32.2. The minimum Gasteiger partial charge on any atom is -0.492 e. The van der Waals surface area contributed by atoms with Crippen LogP contribution in [-0.2, 0) is 9.84 Å². The first-order valence-electron chi connectivity index (χ1n) is 11.0. The molecule has 1 amide bonds. The van der Waals surface area contributed by atoms with Crippen molar-refractivity contribution in [1.82, 2.24) is 4.90 Å². The van der Waals surface area contributed by atoms with Crippen molar-refractivity contribution in [1.29, 1.82) is 5.26 Å². The Kier molecular flexibility index (Phi) is 6.51. The molecule has 1 saturated heterocycles. The molecule has 34 heavy (non-hydrogen) atoms. The maximum absolute atomic E-state index is 14.4. The van der Waals surface area contributed by atoms with Gasteiger partial charge in [-0.3, -0.25) is 4.79 Å². The van der Waals surface area contributed by atoms with Gasteiger partial charge in [0.05, 0.1) is 41.0 Å². The number of hydrogen-bond acceptors (Lipinski definition) is 7. The van der Waals surface area contributed by atoms with Gasteiger partial charge in [0.15, 0.2) is 9.84 Å². The predicted octanol–water partition coefficient (Wildman–Crippen LogP) is 2.21. The number of ether oxygens (including phenoxy) is 1. The van der Waals surface area contributed by atoms with Crippen LogP contribution in [0.4, 0.5) is 10.1 Å². The number of rotatable bonds is 7. The van der Waals surface area contributed by atoms with E-state index in [0.717, 1.165) is 19.1 Å². The van der Waals surface area contributed by atoms with Gasteiger partial charge >= 0.3 is 0 Å². The topological polar surface area (TPSA) is 111 Å². The van der Waals surface area contributed by atoms with Crippen molar-refractivity contribution in [2.24, 2.45) is 5.41 Å². The van der Waals surface area contributed by atoms with E-state index < -0.39 is 15.7 Å². The number of aliphatic hydroxyl groups is 1. The van der Waals surface area contributed by atoms with Crippen LogP contribution in [0.1, 0.15) is 28.8 Å². The summed E-state index contributed by atoms with van der Waals surface area (Å²) in [5, 5.41) is 18.5.